The second-order valence-electron chi connectivity index (χ2n) is 6.61. The zero-order valence-electron chi connectivity index (χ0n) is 12.2. The molecule has 3 atom stereocenters. The number of anilines is 1. The number of nitrogens with zero attached hydrogens (tertiary/aromatic N) is 1. The molecule has 1 aromatic carbocycles. The number of aliphatic hydroxyl groups is 1. The molecule has 3 aliphatic rings. The number of carbonyl (C=O) groups is 1. The first kappa shape index (κ1) is 13.1. The molecule has 0 saturated carbocycles. The number of hydrogen-bond donors (Lipinski definition) is 2. The normalized spacial score (nSPS) is 34.2. The molecule has 3 aliphatic heterocycles. The lowest BCUT2D eigenvalue weighted by molar-refractivity contribution is -0.139. The second-order valence-corrected chi connectivity index (χ2v) is 6.61. The predicted molar refractivity (Wildman–Crippen MR) is 81.2 cm³/mol. The quantitative estimate of drug-likeness (QED) is 0.831. The van der Waals surface area contributed by atoms with Gasteiger partial charge >= 0.3 is 0 Å². The van der Waals surface area contributed by atoms with E-state index >= 15 is 0 Å². The predicted octanol–water partition coefficient (Wildman–Crippen LogP) is 2.10. The lowest BCUT2D eigenvalue weighted by atomic mass is 9.88. The highest BCUT2D eigenvalue weighted by molar-refractivity contribution is 5.87. The lowest BCUT2D eigenvalue weighted by Crippen LogP contribution is -2.50. The lowest BCUT2D eigenvalue weighted by Gasteiger charge is -2.40. The minimum absolute atomic E-state index is 0.0132. The van der Waals surface area contributed by atoms with Crippen molar-refractivity contribution in [3.8, 4) is 0 Å². The Morgan fingerprint density at radius 3 is 2.62 bits per heavy atom. The van der Waals surface area contributed by atoms with E-state index in [0.717, 1.165) is 49.9 Å². The molecule has 1 aromatic rings. The summed E-state index contributed by atoms with van der Waals surface area (Å²) in [6.07, 6.45) is 4.28. The molecule has 2 N–H and O–H groups in total. The highest BCUT2D eigenvalue weighted by atomic mass is 16.3. The fourth-order valence-electron chi connectivity index (χ4n) is 4.41. The molecule has 112 valence electrons. The molecule has 2 saturated heterocycles. The molecule has 4 rings (SSSR count). The third-order valence-electron chi connectivity index (χ3n) is 5.35. The molecular formula is C17H22N2O2. The Hall–Kier alpha value is -1.55. The largest absolute Gasteiger partial charge is 0.393 e. The molecule has 0 spiro atoms. The Labute approximate surface area is 125 Å². The summed E-state index contributed by atoms with van der Waals surface area (Å²) in [5.74, 6) is 0.268. The number of fused-ring (bicyclic) bond motifs is 3. The van der Waals surface area contributed by atoms with E-state index < -0.39 is 0 Å². The van der Waals surface area contributed by atoms with E-state index in [-0.39, 0.29) is 30.0 Å². The van der Waals surface area contributed by atoms with Gasteiger partial charge in [-0.05, 0) is 43.7 Å². The summed E-state index contributed by atoms with van der Waals surface area (Å²) in [5, 5.41) is 13.3. The van der Waals surface area contributed by atoms with Crippen LogP contribution >= 0.6 is 0 Å². The smallest absolute Gasteiger partial charge is 0.230 e. The van der Waals surface area contributed by atoms with Crippen LogP contribution in [0.2, 0.25) is 0 Å². The first-order valence-corrected chi connectivity index (χ1v) is 8.07. The first-order valence-electron chi connectivity index (χ1n) is 8.07. The van der Waals surface area contributed by atoms with Crippen molar-refractivity contribution >= 4 is 11.6 Å². The number of carbonyl (C=O) groups excluding carboxylic acids is 1. The summed E-state index contributed by atoms with van der Waals surface area (Å²) >= 11 is 0. The van der Waals surface area contributed by atoms with E-state index in [9.17, 15) is 9.90 Å². The van der Waals surface area contributed by atoms with Crippen molar-refractivity contribution in [2.45, 2.75) is 56.2 Å². The Kier molecular flexibility index (Phi) is 3.14. The third-order valence-corrected chi connectivity index (χ3v) is 5.35. The van der Waals surface area contributed by atoms with E-state index in [1.165, 1.54) is 0 Å². The fourth-order valence-corrected chi connectivity index (χ4v) is 4.41. The van der Waals surface area contributed by atoms with E-state index in [4.69, 9.17) is 0 Å². The van der Waals surface area contributed by atoms with Crippen molar-refractivity contribution in [2.75, 3.05) is 11.9 Å². The Morgan fingerprint density at radius 2 is 1.86 bits per heavy atom. The summed E-state index contributed by atoms with van der Waals surface area (Å²) in [4.78, 5) is 15.2. The minimum Gasteiger partial charge on any atom is -0.393 e. The van der Waals surface area contributed by atoms with Crippen molar-refractivity contribution in [3.63, 3.8) is 0 Å². The average molecular weight is 286 g/mol. The highest BCUT2D eigenvalue weighted by Crippen LogP contribution is 2.40. The van der Waals surface area contributed by atoms with Crippen LogP contribution in [0.3, 0.4) is 0 Å². The summed E-state index contributed by atoms with van der Waals surface area (Å²) in [6.45, 7) is 0.860. The number of nitrogens with one attached hydrogen (secondary N) is 1. The van der Waals surface area contributed by atoms with Crippen LogP contribution in [0, 0.1) is 0 Å². The van der Waals surface area contributed by atoms with Gasteiger partial charge in [0.2, 0.25) is 5.91 Å². The molecule has 1 amide bonds. The van der Waals surface area contributed by atoms with Crippen LogP contribution in [0.5, 0.6) is 0 Å². The zero-order valence-corrected chi connectivity index (χ0v) is 12.2. The van der Waals surface area contributed by atoms with Crippen LogP contribution in [0.15, 0.2) is 24.3 Å². The van der Waals surface area contributed by atoms with Gasteiger partial charge in [-0.25, -0.2) is 0 Å². The van der Waals surface area contributed by atoms with Gasteiger partial charge in [0.15, 0.2) is 0 Å². The van der Waals surface area contributed by atoms with Crippen LogP contribution < -0.4 is 5.32 Å². The van der Waals surface area contributed by atoms with Crippen LogP contribution in [-0.4, -0.2) is 40.6 Å². The maximum atomic E-state index is 13.1. The van der Waals surface area contributed by atoms with Gasteiger partial charge in [0, 0.05) is 24.3 Å². The number of piperidine rings is 1. The maximum absolute atomic E-state index is 13.1. The second kappa shape index (κ2) is 5.02. The van der Waals surface area contributed by atoms with Gasteiger partial charge in [-0.15, -0.1) is 0 Å². The van der Waals surface area contributed by atoms with Crippen molar-refractivity contribution in [2.24, 2.45) is 0 Å². The summed E-state index contributed by atoms with van der Waals surface area (Å²) in [7, 11) is 0. The molecule has 0 aliphatic carbocycles. The zero-order chi connectivity index (χ0) is 14.4. The van der Waals surface area contributed by atoms with Gasteiger partial charge in [-0.1, -0.05) is 18.2 Å². The standard InChI is InChI=1S/C17H22N2O2/c20-13-9-11-5-6-12(10-13)19(11)17(21)15-7-8-18-16-4-2-1-3-14(15)16/h1-4,11-13,15,18,20H,5-10H2. The van der Waals surface area contributed by atoms with Gasteiger partial charge in [-0.2, -0.15) is 0 Å². The molecular weight excluding hydrogens is 264 g/mol. The monoisotopic (exact) mass is 286 g/mol. The average Bonchev–Trinajstić information content (AvgIpc) is 2.78. The molecule has 0 radical (unpaired) electrons. The van der Waals surface area contributed by atoms with Crippen molar-refractivity contribution < 1.29 is 9.90 Å². The van der Waals surface area contributed by atoms with E-state index in [2.05, 4.69) is 22.3 Å². The molecule has 2 fully saturated rings. The fraction of sp³-hybridized carbons (Fsp3) is 0.588. The van der Waals surface area contributed by atoms with E-state index in [1.807, 2.05) is 12.1 Å². The Bertz CT molecular complexity index is 545. The number of aliphatic hydroxyl groups excluding tert-OH is 1. The molecule has 4 heteroatoms. The van der Waals surface area contributed by atoms with Gasteiger partial charge < -0.3 is 15.3 Å². The third kappa shape index (κ3) is 2.13. The molecule has 4 nitrogen and oxygen atoms in total. The van der Waals surface area contributed by atoms with Crippen LogP contribution in [-0.2, 0) is 4.79 Å². The van der Waals surface area contributed by atoms with E-state index in [0.29, 0.717) is 0 Å². The number of rotatable bonds is 1. The van der Waals surface area contributed by atoms with Crippen LogP contribution in [0.4, 0.5) is 5.69 Å². The van der Waals surface area contributed by atoms with Crippen LogP contribution in [0.25, 0.3) is 0 Å². The molecule has 3 heterocycles. The summed E-state index contributed by atoms with van der Waals surface area (Å²) < 4.78 is 0. The number of para-hydroxylation sites is 1. The number of amides is 1. The number of benzene rings is 1. The number of hydrogen-bond acceptors (Lipinski definition) is 3. The van der Waals surface area contributed by atoms with Crippen molar-refractivity contribution in [1.29, 1.82) is 0 Å². The van der Waals surface area contributed by atoms with Crippen molar-refractivity contribution in [3.05, 3.63) is 29.8 Å². The van der Waals surface area contributed by atoms with Crippen molar-refractivity contribution in [1.82, 2.24) is 4.90 Å². The first-order chi connectivity index (χ1) is 10.2. The summed E-state index contributed by atoms with van der Waals surface area (Å²) in [5.41, 5.74) is 2.24. The van der Waals surface area contributed by atoms with E-state index in [1.54, 1.807) is 0 Å². The Balaban J connectivity index is 1.62. The summed E-state index contributed by atoms with van der Waals surface area (Å²) in [6, 6.07) is 8.68. The van der Waals surface area contributed by atoms with Gasteiger partial charge in [0.1, 0.15) is 0 Å². The molecule has 0 aromatic heterocycles. The highest BCUT2D eigenvalue weighted by Gasteiger charge is 2.45. The van der Waals surface area contributed by atoms with Gasteiger partial charge in [-0.3, -0.25) is 4.79 Å². The van der Waals surface area contributed by atoms with Gasteiger partial charge in [0.05, 0.1) is 12.0 Å². The molecule has 21 heavy (non-hydrogen) atoms. The topological polar surface area (TPSA) is 52.6 Å². The molecule has 2 bridgehead atoms. The SMILES string of the molecule is O=C(C1CCNc2ccccc21)N1C2CCC1CC(O)C2. The van der Waals surface area contributed by atoms with Crippen LogP contribution in [0.1, 0.15) is 43.6 Å². The Morgan fingerprint density at radius 1 is 1.14 bits per heavy atom. The minimum atomic E-state index is -0.216. The molecule has 3 unspecified atom stereocenters. The maximum Gasteiger partial charge on any atom is 0.230 e. The van der Waals surface area contributed by atoms with Gasteiger partial charge in [0.25, 0.3) is 0 Å².